The number of anilines is 1. The molecule has 3 nitrogen and oxygen atoms in total. The van der Waals surface area contributed by atoms with Gasteiger partial charge in [-0.05, 0) is 40.9 Å². The molecule has 0 aromatic heterocycles. The SMILES string of the molecule is CCCCN(CCCC)c1cccc(Br)c1C(=O)O. The number of hydrogen-bond donors (Lipinski definition) is 1. The highest BCUT2D eigenvalue weighted by molar-refractivity contribution is 9.10. The second-order valence-electron chi connectivity index (χ2n) is 4.63. The zero-order valence-electron chi connectivity index (χ0n) is 11.7. The van der Waals surface area contributed by atoms with Crippen molar-refractivity contribution in [2.45, 2.75) is 39.5 Å². The van der Waals surface area contributed by atoms with Crippen molar-refractivity contribution in [2.24, 2.45) is 0 Å². The predicted octanol–water partition coefficient (Wildman–Crippen LogP) is 4.55. The average molecular weight is 328 g/mol. The van der Waals surface area contributed by atoms with E-state index in [-0.39, 0.29) is 0 Å². The summed E-state index contributed by atoms with van der Waals surface area (Å²) in [4.78, 5) is 13.6. The fourth-order valence-corrected chi connectivity index (χ4v) is 2.56. The molecule has 19 heavy (non-hydrogen) atoms. The number of hydrogen-bond acceptors (Lipinski definition) is 2. The van der Waals surface area contributed by atoms with Crippen LogP contribution in [0, 0.1) is 0 Å². The van der Waals surface area contributed by atoms with Gasteiger partial charge in [-0.25, -0.2) is 4.79 Å². The largest absolute Gasteiger partial charge is 0.478 e. The Morgan fingerprint density at radius 1 is 1.21 bits per heavy atom. The zero-order valence-corrected chi connectivity index (χ0v) is 13.2. The van der Waals surface area contributed by atoms with Crippen molar-refractivity contribution in [3.63, 3.8) is 0 Å². The van der Waals surface area contributed by atoms with Gasteiger partial charge in [0.2, 0.25) is 0 Å². The Hall–Kier alpha value is -1.03. The fraction of sp³-hybridized carbons (Fsp3) is 0.533. The lowest BCUT2D eigenvalue weighted by Gasteiger charge is -2.26. The molecule has 0 heterocycles. The lowest BCUT2D eigenvalue weighted by molar-refractivity contribution is 0.0696. The molecule has 0 bridgehead atoms. The lowest BCUT2D eigenvalue weighted by atomic mass is 10.1. The highest BCUT2D eigenvalue weighted by atomic mass is 79.9. The van der Waals surface area contributed by atoms with Gasteiger partial charge in [-0.1, -0.05) is 32.8 Å². The number of benzene rings is 1. The molecule has 0 saturated heterocycles. The minimum atomic E-state index is -0.875. The van der Waals surface area contributed by atoms with Crippen LogP contribution in [0.15, 0.2) is 22.7 Å². The Kier molecular flexibility index (Phi) is 6.92. The van der Waals surface area contributed by atoms with E-state index >= 15 is 0 Å². The van der Waals surface area contributed by atoms with Gasteiger partial charge in [-0.15, -0.1) is 0 Å². The molecule has 0 aliphatic rings. The summed E-state index contributed by atoms with van der Waals surface area (Å²) in [5, 5.41) is 9.39. The Labute approximate surface area is 123 Å². The highest BCUT2D eigenvalue weighted by Gasteiger charge is 2.18. The quantitative estimate of drug-likeness (QED) is 0.761. The van der Waals surface area contributed by atoms with Gasteiger partial charge in [0.15, 0.2) is 0 Å². The van der Waals surface area contributed by atoms with Crippen molar-refractivity contribution in [2.75, 3.05) is 18.0 Å². The van der Waals surface area contributed by atoms with Crippen LogP contribution in [0.4, 0.5) is 5.69 Å². The predicted molar refractivity (Wildman–Crippen MR) is 83.1 cm³/mol. The van der Waals surface area contributed by atoms with E-state index in [2.05, 4.69) is 34.7 Å². The lowest BCUT2D eigenvalue weighted by Crippen LogP contribution is -2.27. The summed E-state index contributed by atoms with van der Waals surface area (Å²) in [7, 11) is 0. The first-order valence-electron chi connectivity index (χ1n) is 6.88. The standard InChI is InChI=1S/C15H22BrNO2/c1-3-5-10-17(11-6-4-2)13-9-7-8-12(16)14(13)15(18)19/h7-9H,3-6,10-11H2,1-2H3,(H,18,19). The number of aromatic carboxylic acids is 1. The van der Waals surface area contributed by atoms with Crippen LogP contribution in [0.5, 0.6) is 0 Å². The van der Waals surface area contributed by atoms with E-state index in [1.54, 1.807) is 6.07 Å². The third kappa shape index (κ3) is 4.53. The maximum Gasteiger partial charge on any atom is 0.338 e. The summed E-state index contributed by atoms with van der Waals surface area (Å²) in [5.41, 5.74) is 1.19. The molecule has 0 unspecified atom stereocenters. The number of unbranched alkanes of at least 4 members (excludes halogenated alkanes) is 2. The van der Waals surface area contributed by atoms with Crippen molar-refractivity contribution >= 4 is 27.6 Å². The van der Waals surface area contributed by atoms with Gasteiger partial charge in [0, 0.05) is 17.6 Å². The molecule has 0 atom stereocenters. The van der Waals surface area contributed by atoms with E-state index in [0.717, 1.165) is 44.5 Å². The minimum Gasteiger partial charge on any atom is -0.478 e. The number of halogens is 1. The topological polar surface area (TPSA) is 40.5 Å². The molecule has 1 N–H and O–H groups in total. The normalized spacial score (nSPS) is 10.5. The monoisotopic (exact) mass is 327 g/mol. The minimum absolute atomic E-state index is 0.370. The summed E-state index contributed by atoms with van der Waals surface area (Å²) < 4.78 is 0.649. The van der Waals surface area contributed by atoms with Crippen LogP contribution in [0.2, 0.25) is 0 Å². The maximum atomic E-state index is 11.4. The van der Waals surface area contributed by atoms with Crippen molar-refractivity contribution in [1.29, 1.82) is 0 Å². The van der Waals surface area contributed by atoms with Crippen LogP contribution < -0.4 is 4.90 Å². The average Bonchev–Trinajstić information content (AvgIpc) is 2.38. The highest BCUT2D eigenvalue weighted by Crippen LogP contribution is 2.28. The third-order valence-corrected chi connectivity index (χ3v) is 3.77. The second kappa shape index (κ2) is 8.20. The van der Waals surface area contributed by atoms with Crippen molar-refractivity contribution in [3.8, 4) is 0 Å². The molecule has 106 valence electrons. The second-order valence-corrected chi connectivity index (χ2v) is 5.49. The van der Waals surface area contributed by atoms with Gasteiger partial charge in [-0.3, -0.25) is 0 Å². The van der Waals surface area contributed by atoms with E-state index in [0.29, 0.717) is 10.0 Å². The van der Waals surface area contributed by atoms with Crippen molar-refractivity contribution in [1.82, 2.24) is 0 Å². The summed E-state index contributed by atoms with van der Waals surface area (Å²) in [6.07, 6.45) is 4.38. The summed E-state index contributed by atoms with van der Waals surface area (Å²) in [5.74, 6) is -0.875. The number of rotatable bonds is 8. The molecule has 1 aromatic rings. The molecule has 0 saturated carbocycles. The smallest absolute Gasteiger partial charge is 0.338 e. The molecule has 1 aromatic carbocycles. The molecule has 1 rings (SSSR count). The molecule has 0 fully saturated rings. The van der Waals surface area contributed by atoms with Crippen LogP contribution in [0.3, 0.4) is 0 Å². The molecule has 0 aliphatic carbocycles. The fourth-order valence-electron chi connectivity index (χ4n) is 2.04. The Morgan fingerprint density at radius 2 is 1.79 bits per heavy atom. The Morgan fingerprint density at radius 3 is 2.26 bits per heavy atom. The van der Waals surface area contributed by atoms with Crippen molar-refractivity contribution < 1.29 is 9.90 Å². The third-order valence-electron chi connectivity index (χ3n) is 3.11. The number of carboxylic acids is 1. The molecule has 0 amide bonds. The van der Waals surface area contributed by atoms with Crippen LogP contribution in [0.1, 0.15) is 49.9 Å². The van der Waals surface area contributed by atoms with E-state index in [1.165, 1.54) is 0 Å². The maximum absolute atomic E-state index is 11.4. The molecule has 0 radical (unpaired) electrons. The molecule has 0 spiro atoms. The Balaban J connectivity index is 3.06. The van der Waals surface area contributed by atoms with Gasteiger partial charge in [0.25, 0.3) is 0 Å². The molecule has 0 aliphatic heterocycles. The van der Waals surface area contributed by atoms with E-state index in [1.807, 2.05) is 12.1 Å². The summed E-state index contributed by atoms with van der Waals surface area (Å²) in [6.45, 7) is 6.12. The van der Waals surface area contributed by atoms with Gasteiger partial charge in [0.05, 0.1) is 11.3 Å². The van der Waals surface area contributed by atoms with E-state index in [9.17, 15) is 9.90 Å². The van der Waals surface area contributed by atoms with Crippen LogP contribution in [0.25, 0.3) is 0 Å². The van der Waals surface area contributed by atoms with Crippen LogP contribution in [-0.4, -0.2) is 24.2 Å². The number of nitrogens with zero attached hydrogens (tertiary/aromatic N) is 1. The van der Waals surface area contributed by atoms with Crippen LogP contribution in [-0.2, 0) is 0 Å². The Bertz CT molecular complexity index is 413. The van der Waals surface area contributed by atoms with Crippen LogP contribution >= 0.6 is 15.9 Å². The zero-order chi connectivity index (χ0) is 14.3. The van der Waals surface area contributed by atoms with Gasteiger partial charge in [-0.2, -0.15) is 0 Å². The molecular formula is C15H22BrNO2. The van der Waals surface area contributed by atoms with E-state index in [4.69, 9.17) is 0 Å². The molecule has 4 heteroatoms. The number of carbonyl (C=O) groups is 1. The van der Waals surface area contributed by atoms with E-state index < -0.39 is 5.97 Å². The summed E-state index contributed by atoms with van der Waals surface area (Å²) >= 11 is 3.34. The number of carboxylic acid groups (broad SMARTS) is 1. The van der Waals surface area contributed by atoms with Crippen molar-refractivity contribution in [3.05, 3.63) is 28.2 Å². The van der Waals surface area contributed by atoms with Gasteiger partial charge >= 0.3 is 5.97 Å². The van der Waals surface area contributed by atoms with Gasteiger partial charge in [0.1, 0.15) is 0 Å². The summed E-state index contributed by atoms with van der Waals surface area (Å²) in [6, 6.07) is 5.58. The molecular weight excluding hydrogens is 306 g/mol. The first kappa shape index (κ1) is 16.0. The first-order valence-corrected chi connectivity index (χ1v) is 7.67. The van der Waals surface area contributed by atoms with Gasteiger partial charge < -0.3 is 10.0 Å². The first-order chi connectivity index (χ1) is 9.11.